The van der Waals surface area contributed by atoms with E-state index in [1.165, 1.54) is 18.3 Å². The van der Waals surface area contributed by atoms with E-state index in [4.69, 9.17) is 4.74 Å². The van der Waals surface area contributed by atoms with Crippen LogP contribution in [0.5, 0.6) is 5.75 Å². The molecule has 0 saturated heterocycles. The summed E-state index contributed by atoms with van der Waals surface area (Å²) >= 11 is 0. The standard InChI is InChI=1S/C23H24F3N3O2/c1-17-6-3-4-7-18(17)15-29(22(30)21-14-27-16-28(21)2)12-5-13-31-20-10-8-19(9-11-20)23(24,25)26/h3-4,6-11,14,16H,5,12-13,15H2,1-2H3. The summed E-state index contributed by atoms with van der Waals surface area (Å²) in [5.74, 6) is 0.217. The van der Waals surface area contributed by atoms with Gasteiger partial charge in [0.25, 0.3) is 5.91 Å². The molecular weight excluding hydrogens is 407 g/mol. The highest BCUT2D eigenvalue weighted by molar-refractivity contribution is 5.92. The average molecular weight is 431 g/mol. The minimum absolute atomic E-state index is 0.141. The van der Waals surface area contributed by atoms with Crippen LogP contribution in [-0.2, 0) is 19.8 Å². The van der Waals surface area contributed by atoms with Crippen molar-refractivity contribution in [1.29, 1.82) is 0 Å². The Hall–Kier alpha value is -3.29. The normalized spacial score (nSPS) is 11.4. The molecule has 2 aromatic carbocycles. The second-order valence-corrected chi connectivity index (χ2v) is 7.27. The topological polar surface area (TPSA) is 47.4 Å². The van der Waals surface area contributed by atoms with Gasteiger partial charge in [-0.3, -0.25) is 4.79 Å². The number of carbonyl (C=O) groups is 1. The molecule has 0 aliphatic heterocycles. The summed E-state index contributed by atoms with van der Waals surface area (Å²) in [4.78, 5) is 18.8. The molecule has 0 aliphatic rings. The van der Waals surface area contributed by atoms with Gasteiger partial charge in [0, 0.05) is 20.1 Å². The van der Waals surface area contributed by atoms with Gasteiger partial charge in [0.2, 0.25) is 0 Å². The number of nitrogens with zero attached hydrogens (tertiary/aromatic N) is 3. The molecule has 0 fully saturated rings. The van der Waals surface area contributed by atoms with Gasteiger partial charge in [-0.1, -0.05) is 24.3 Å². The summed E-state index contributed by atoms with van der Waals surface area (Å²) in [6.45, 7) is 3.14. The van der Waals surface area contributed by atoms with Crippen molar-refractivity contribution in [3.05, 3.63) is 83.4 Å². The molecule has 1 heterocycles. The Kier molecular flexibility index (Phi) is 6.99. The number of hydrogen-bond donors (Lipinski definition) is 0. The Morgan fingerprint density at radius 1 is 1.13 bits per heavy atom. The number of alkyl halides is 3. The lowest BCUT2D eigenvalue weighted by Crippen LogP contribution is -2.33. The van der Waals surface area contributed by atoms with E-state index >= 15 is 0 Å². The van der Waals surface area contributed by atoms with Crippen LogP contribution in [0.15, 0.2) is 61.1 Å². The highest BCUT2D eigenvalue weighted by Gasteiger charge is 2.30. The van der Waals surface area contributed by atoms with Gasteiger partial charge in [0.1, 0.15) is 11.4 Å². The molecule has 5 nitrogen and oxygen atoms in total. The summed E-state index contributed by atoms with van der Waals surface area (Å²) in [7, 11) is 1.76. The zero-order chi connectivity index (χ0) is 22.4. The summed E-state index contributed by atoms with van der Waals surface area (Å²) < 4.78 is 45.2. The highest BCUT2D eigenvalue weighted by atomic mass is 19.4. The van der Waals surface area contributed by atoms with E-state index < -0.39 is 11.7 Å². The van der Waals surface area contributed by atoms with Crippen molar-refractivity contribution in [3.63, 3.8) is 0 Å². The molecule has 0 bridgehead atoms. The summed E-state index contributed by atoms with van der Waals surface area (Å²) in [6.07, 6.45) is -0.740. The van der Waals surface area contributed by atoms with E-state index in [0.29, 0.717) is 31.0 Å². The smallest absolute Gasteiger partial charge is 0.416 e. The number of aryl methyl sites for hydroxylation is 2. The van der Waals surface area contributed by atoms with Crippen LogP contribution in [0.25, 0.3) is 0 Å². The third kappa shape index (κ3) is 5.87. The summed E-state index contributed by atoms with van der Waals surface area (Å²) in [5.41, 5.74) is 1.90. The predicted octanol–water partition coefficient (Wildman–Crippen LogP) is 4.86. The van der Waals surface area contributed by atoms with Gasteiger partial charge in [0.05, 0.1) is 24.7 Å². The molecule has 0 saturated carbocycles. The van der Waals surface area contributed by atoms with E-state index in [0.717, 1.165) is 23.3 Å². The Bertz CT molecular complexity index is 1010. The first-order valence-corrected chi connectivity index (χ1v) is 9.86. The third-order valence-electron chi connectivity index (χ3n) is 4.97. The molecule has 3 aromatic rings. The molecule has 0 spiro atoms. The van der Waals surface area contributed by atoms with Crippen LogP contribution >= 0.6 is 0 Å². The molecule has 0 radical (unpaired) electrons. The Balaban J connectivity index is 1.62. The van der Waals surface area contributed by atoms with Crippen molar-refractivity contribution >= 4 is 5.91 Å². The van der Waals surface area contributed by atoms with Gasteiger partial charge in [-0.2, -0.15) is 13.2 Å². The van der Waals surface area contributed by atoms with Gasteiger partial charge < -0.3 is 14.2 Å². The maximum absolute atomic E-state index is 13.1. The maximum atomic E-state index is 13.1. The largest absolute Gasteiger partial charge is 0.494 e. The van der Waals surface area contributed by atoms with Gasteiger partial charge in [-0.25, -0.2) is 4.98 Å². The first-order valence-electron chi connectivity index (χ1n) is 9.86. The van der Waals surface area contributed by atoms with E-state index in [-0.39, 0.29) is 12.5 Å². The van der Waals surface area contributed by atoms with E-state index in [9.17, 15) is 18.0 Å². The van der Waals surface area contributed by atoms with Crippen molar-refractivity contribution in [2.24, 2.45) is 7.05 Å². The molecule has 1 amide bonds. The number of benzene rings is 2. The van der Waals surface area contributed by atoms with Crippen molar-refractivity contribution in [2.75, 3.05) is 13.2 Å². The average Bonchev–Trinajstić information content (AvgIpc) is 3.16. The van der Waals surface area contributed by atoms with E-state index in [1.54, 1.807) is 22.8 Å². The number of ether oxygens (including phenoxy) is 1. The minimum Gasteiger partial charge on any atom is -0.494 e. The molecule has 0 N–H and O–H groups in total. The summed E-state index contributed by atoms with van der Waals surface area (Å²) in [6, 6.07) is 12.4. The van der Waals surface area contributed by atoms with Gasteiger partial charge >= 0.3 is 6.18 Å². The number of hydrogen-bond acceptors (Lipinski definition) is 3. The lowest BCUT2D eigenvalue weighted by Gasteiger charge is -2.24. The zero-order valence-corrected chi connectivity index (χ0v) is 17.4. The van der Waals surface area contributed by atoms with Crippen molar-refractivity contribution in [3.8, 4) is 5.75 Å². The van der Waals surface area contributed by atoms with Crippen molar-refractivity contribution < 1.29 is 22.7 Å². The van der Waals surface area contributed by atoms with Gasteiger partial charge in [0.15, 0.2) is 0 Å². The number of amides is 1. The molecular formula is C23H24F3N3O2. The van der Waals surface area contributed by atoms with Crippen molar-refractivity contribution in [1.82, 2.24) is 14.5 Å². The van der Waals surface area contributed by atoms with Crippen LogP contribution in [0.2, 0.25) is 0 Å². The van der Waals surface area contributed by atoms with E-state index in [1.807, 2.05) is 31.2 Å². The molecule has 0 atom stereocenters. The molecule has 0 aliphatic carbocycles. The van der Waals surface area contributed by atoms with E-state index in [2.05, 4.69) is 4.98 Å². The summed E-state index contributed by atoms with van der Waals surface area (Å²) in [5, 5.41) is 0. The van der Waals surface area contributed by atoms with Crippen LogP contribution in [0.3, 0.4) is 0 Å². The van der Waals surface area contributed by atoms with Crippen LogP contribution in [0, 0.1) is 6.92 Å². The molecule has 164 valence electrons. The van der Waals surface area contributed by atoms with Gasteiger partial charge in [-0.05, 0) is 48.7 Å². The van der Waals surface area contributed by atoms with Crippen molar-refractivity contribution in [2.45, 2.75) is 26.1 Å². The third-order valence-corrected chi connectivity index (χ3v) is 4.97. The number of aromatic nitrogens is 2. The molecule has 0 unspecified atom stereocenters. The molecule has 1 aromatic heterocycles. The van der Waals surface area contributed by atoms with Crippen LogP contribution in [-0.4, -0.2) is 33.5 Å². The fourth-order valence-electron chi connectivity index (χ4n) is 3.16. The lowest BCUT2D eigenvalue weighted by molar-refractivity contribution is -0.137. The second-order valence-electron chi connectivity index (χ2n) is 7.27. The van der Waals surface area contributed by atoms with Gasteiger partial charge in [-0.15, -0.1) is 0 Å². The number of halogens is 3. The fraction of sp³-hybridized carbons (Fsp3) is 0.304. The number of rotatable bonds is 8. The quantitative estimate of drug-likeness (QED) is 0.479. The maximum Gasteiger partial charge on any atom is 0.416 e. The van der Waals surface area contributed by atoms with Crippen LogP contribution < -0.4 is 4.74 Å². The zero-order valence-electron chi connectivity index (χ0n) is 17.4. The fourth-order valence-corrected chi connectivity index (χ4v) is 3.16. The molecule has 8 heteroatoms. The number of imidazole rings is 1. The highest BCUT2D eigenvalue weighted by Crippen LogP contribution is 2.30. The van der Waals surface area contributed by atoms with Crippen LogP contribution in [0.1, 0.15) is 33.6 Å². The SMILES string of the molecule is Cc1ccccc1CN(CCCOc1ccc(C(F)(F)F)cc1)C(=O)c1cncn1C. The Morgan fingerprint density at radius 3 is 2.45 bits per heavy atom. The molecule has 3 rings (SSSR count). The van der Waals surface area contributed by atoms with Crippen LogP contribution in [0.4, 0.5) is 13.2 Å². The Morgan fingerprint density at radius 2 is 1.84 bits per heavy atom. The molecule has 31 heavy (non-hydrogen) atoms. The number of carbonyl (C=O) groups excluding carboxylic acids is 1. The lowest BCUT2D eigenvalue weighted by atomic mass is 10.1. The Labute approximate surface area is 179 Å². The predicted molar refractivity (Wildman–Crippen MR) is 111 cm³/mol. The monoisotopic (exact) mass is 431 g/mol. The second kappa shape index (κ2) is 9.68. The first-order chi connectivity index (χ1) is 14.8. The first kappa shape index (κ1) is 22.4. The minimum atomic E-state index is -4.37.